The minimum Gasteiger partial charge on any atom is -0.385 e. The van der Waals surface area contributed by atoms with Gasteiger partial charge in [0.1, 0.15) is 0 Å². The third-order valence-electron chi connectivity index (χ3n) is 4.24. The maximum Gasteiger partial charge on any atom is 0.0467 e. The molecule has 0 aromatic heterocycles. The monoisotopic (exact) mass is 241 g/mol. The van der Waals surface area contributed by atoms with E-state index < -0.39 is 0 Å². The van der Waals surface area contributed by atoms with Crippen molar-refractivity contribution in [3.8, 4) is 0 Å². The van der Waals surface area contributed by atoms with Gasteiger partial charge in [-0.3, -0.25) is 0 Å². The second-order valence-corrected chi connectivity index (χ2v) is 6.47. The Bertz CT molecular complexity index is 197. The minimum atomic E-state index is 0.346. The van der Waals surface area contributed by atoms with Crippen LogP contribution in [0.15, 0.2) is 0 Å². The Morgan fingerprint density at radius 2 is 1.88 bits per heavy atom. The molecular weight excluding hydrogens is 210 g/mol. The van der Waals surface area contributed by atoms with Crippen LogP contribution in [0, 0.1) is 11.3 Å². The van der Waals surface area contributed by atoms with Gasteiger partial charge in [-0.1, -0.05) is 33.1 Å². The summed E-state index contributed by atoms with van der Waals surface area (Å²) >= 11 is 0. The Labute approximate surface area is 108 Å². The molecule has 0 spiro atoms. The second-order valence-electron chi connectivity index (χ2n) is 6.47. The Morgan fingerprint density at radius 1 is 1.24 bits per heavy atom. The van der Waals surface area contributed by atoms with E-state index in [4.69, 9.17) is 4.74 Å². The van der Waals surface area contributed by atoms with E-state index in [2.05, 4.69) is 26.1 Å². The van der Waals surface area contributed by atoms with Crippen molar-refractivity contribution in [3.05, 3.63) is 0 Å². The Balaban J connectivity index is 2.23. The largest absolute Gasteiger partial charge is 0.385 e. The van der Waals surface area contributed by atoms with Gasteiger partial charge in [0, 0.05) is 26.3 Å². The number of rotatable bonds is 7. The van der Waals surface area contributed by atoms with E-state index in [1.54, 1.807) is 7.11 Å². The maximum atomic E-state index is 5.17. The minimum absolute atomic E-state index is 0.346. The zero-order valence-electron chi connectivity index (χ0n) is 12.2. The summed E-state index contributed by atoms with van der Waals surface area (Å²) < 4.78 is 5.17. The Hall–Kier alpha value is -0.0800. The van der Waals surface area contributed by atoms with Crippen LogP contribution in [0.3, 0.4) is 0 Å². The van der Waals surface area contributed by atoms with Crippen molar-refractivity contribution in [2.24, 2.45) is 11.3 Å². The molecule has 2 heteroatoms. The molecule has 1 fully saturated rings. The van der Waals surface area contributed by atoms with Crippen molar-refractivity contribution < 1.29 is 4.74 Å². The van der Waals surface area contributed by atoms with Crippen LogP contribution in [0.2, 0.25) is 0 Å². The summed E-state index contributed by atoms with van der Waals surface area (Å²) in [5, 5.41) is 3.75. The van der Waals surface area contributed by atoms with Gasteiger partial charge in [0.2, 0.25) is 0 Å². The van der Waals surface area contributed by atoms with Gasteiger partial charge < -0.3 is 10.1 Å². The number of methoxy groups -OCH3 is 1. The van der Waals surface area contributed by atoms with Crippen LogP contribution >= 0.6 is 0 Å². The molecule has 102 valence electrons. The molecule has 0 amide bonds. The standard InChI is InChI=1S/C15H31NO/c1-13(14-8-6-5-7-9-14)16-12-15(2,3)10-11-17-4/h13-14,16H,5-12H2,1-4H3. The summed E-state index contributed by atoms with van der Waals surface area (Å²) in [6, 6.07) is 0.678. The predicted molar refractivity (Wildman–Crippen MR) is 74.3 cm³/mol. The van der Waals surface area contributed by atoms with Crippen molar-refractivity contribution in [3.63, 3.8) is 0 Å². The molecule has 0 aliphatic heterocycles. The molecule has 0 aromatic rings. The molecule has 0 saturated heterocycles. The van der Waals surface area contributed by atoms with Crippen LogP contribution in [0.5, 0.6) is 0 Å². The molecule has 1 unspecified atom stereocenters. The van der Waals surface area contributed by atoms with E-state index in [1.165, 1.54) is 32.1 Å². The normalized spacial score (nSPS) is 20.5. The molecule has 1 N–H and O–H groups in total. The highest BCUT2D eigenvalue weighted by atomic mass is 16.5. The summed E-state index contributed by atoms with van der Waals surface area (Å²) in [7, 11) is 1.79. The fourth-order valence-electron chi connectivity index (χ4n) is 2.70. The zero-order valence-corrected chi connectivity index (χ0v) is 12.2. The Morgan fingerprint density at radius 3 is 2.47 bits per heavy atom. The number of nitrogens with one attached hydrogen (secondary N) is 1. The lowest BCUT2D eigenvalue weighted by atomic mass is 9.83. The SMILES string of the molecule is COCCC(C)(C)CNC(C)C1CCCCC1. The summed E-state index contributed by atoms with van der Waals surface area (Å²) in [6.07, 6.45) is 8.29. The van der Waals surface area contributed by atoms with Crippen molar-refractivity contribution in [1.29, 1.82) is 0 Å². The first-order valence-corrected chi connectivity index (χ1v) is 7.27. The first-order valence-electron chi connectivity index (χ1n) is 7.27. The molecule has 1 rings (SSSR count). The number of hydrogen-bond donors (Lipinski definition) is 1. The van der Waals surface area contributed by atoms with Gasteiger partial charge in [-0.05, 0) is 37.5 Å². The van der Waals surface area contributed by atoms with Crippen molar-refractivity contribution in [1.82, 2.24) is 5.32 Å². The lowest BCUT2D eigenvalue weighted by Crippen LogP contribution is -2.40. The van der Waals surface area contributed by atoms with Gasteiger partial charge >= 0.3 is 0 Å². The topological polar surface area (TPSA) is 21.3 Å². The second kappa shape index (κ2) is 7.38. The highest BCUT2D eigenvalue weighted by Gasteiger charge is 2.23. The Kier molecular flexibility index (Phi) is 6.50. The third kappa shape index (κ3) is 5.87. The van der Waals surface area contributed by atoms with Gasteiger partial charge in [0.25, 0.3) is 0 Å². The molecule has 1 aliphatic carbocycles. The summed E-state index contributed by atoms with van der Waals surface area (Å²) in [5.41, 5.74) is 0.346. The highest BCUT2D eigenvalue weighted by Crippen LogP contribution is 2.27. The lowest BCUT2D eigenvalue weighted by molar-refractivity contribution is 0.145. The lowest BCUT2D eigenvalue weighted by Gasteiger charge is -2.32. The fraction of sp³-hybridized carbons (Fsp3) is 1.00. The van der Waals surface area contributed by atoms with Gasteiger partial charge in [0.15, 0.2) is 0 Å². The number of hydrogen-bond acceptors (Lipinski definition) is 2. The maximum absolute atomic E-state index is 5.17. The quantitative estimate of drug-likeness (QED) is 0.735. The van der Waals surface area contributed by atoms with Crippen molar-refractivity contribution in [2.75, 3.05) is 20.3 Å². The van der Waals surface area contributed by atoms with Crippen LogP contribution in [-0.4, -0.2) is 26.3 Å². The molecule has 1 atom stereocenters. The third-order valence-corrected chi connectivity index (χ3v) is 4.24. The fourth-order valence-corrected chi connectivity index (χ4v) is 2.70. The molecule has 1 aliphatic rings. The molecular formula is C15H31NO. The molecule has 0 aromatic carbocycles. The average Bonchev–Trinajstić information content (AvgIpc) is 2.35. The van der Waals surface area contributed by atoms with E-state index in [1.807, 2.05) is 0 Å². The smallest absolute Gasteiger partial charge is 0.0467 e. The molecule has 2 nitrogen and oxygen atoms in total. The summed E-state index contributed by atoms with van der Waals surface area (Å²) in [4.78, 5) is 0. The zero-order chi connectivity index (χ0) is 12.7. The van der Waals surface area contributed by atoms with Gasteiger partial charge in [0.05, 0.1) is 0 Å². The van der Waals surface area contributed by atoms with Crippen LogP contribution in [-0.2, 0) is 4.74 Å². The van der Waals surface area contributed by atoms with E-state index in [9.17, 15) is 0 Å². The number of ether oxygens (including phenoxy) is 1. The van der Waals surface area contributed by atoms with Crippen LogP contribution in [0.4, 0.5) is 0 Å². The first-order chi connectivity index (χ1) is 8.05. The van der Waals surface area contributed by atoms with Crippen LogP contribution < -0.4 is 5.32 Å². The van der Waals surface area contributed by atoms with E-state index in [-0.39, 0.29) is 0 Å². The van der Waals surface area contributed by atoms with E-state index >= 15 is 0 Å². The molecule has 17 heavy (non-hydrogen) atoms. The summed E-state index contributed by atoms with van der Waals surface area (Å²) in [6.45, 7) is 8.99. The van der Waals surface area contributed by atoms with Crippen molar-refractivity contribution in [2.45, 2.75) is 65.3 Å². The van der Waals surface area contributed by atoms with Crippen molar-refractivity contribution >= 4 is 0 Å². The molecule has 1 saturated carbocycles. The van der Waals surface area contributed by atoms with Crippen LogP contribution in [0.25, 0.3) is 0 Å². The van der Waals surface area contributed by atoms with E-state index in [0.717, 1.165) is 25.5 Å². The molecule has 0 heterocycles. The molecule has 0 radical (unpaired) electrons. The van der Waals surface area contributed by atoms with Gasteiger partial charge in [-0.25, -0.2) is 0 Å². The molecule has 0 bridgehead atoms. The summed E-state index contributed by atoms with van der Waals surface area (Å²) in [5.74, 6) is 0.905. The van der Waals surface area contributed by atoms with Crippen LogP contribution in [0.1, 0.15) is 59.3 Å². The average molecular weight is 241 g/mol. The van der Waals surface area contributed by atoms with Gasteiger partial charge in [-0.2, -0.15) is 0 Å². The van der Waals surface area contributed by atoms with Gasteiger partial charge in [-0.15, -0.1) is 0 Å². The highest BCUT2D eigenvalue weighted by molar-refractivity contribution is 4.79. The predicted octanol–water partition coefficient (Wildman–Crippen LogP) is 3.61. The van der Waals surface area contributed by atoms with E-state index in [0.29, 0.717) is 11.5 Å². The first kappa shape index (κ1) is 15.0.